The van der Waals surface area contributed by atoms with Gasteiger partial charge in [0.2, 0.25) is 5.91 Å². The summed E-state index contributed by atoms with van der Waals surface area (Å²) in [5, 5.41) is 0. The molecule has 0 aromatic heterocycles. The van der Waals surface area contributed by atoms with Gasteiger partial charge in [-0.3, -0.25) is 4.79 Å². The van der Waals surface area contributed by atoms with Gasteiger partial charge in [-0.1, -0.05) is 31.2 Å². The molecule has 0 radical (unpaired) electrons. The van der Waals surface area contributed by atoms with E-state index in [0.717, 1.165) is 36.9 Å². The average Bonchev–Trinajstić information content (AvgIpc) is 2.61. The summed E-state index contributed by atoms with van der Waals surface area (Å²) in [6.07, 6.45) is 3.32. The van der Waals surface area contributed by atoms with Crippen LogP contribution in [0.3, 0.4) is 0 Å². The largest absolute Gasteiger partial charge is 0.380 e. The highest BCUT2D eigenvalue weighted by atomic mass is 16.5. The SMILES string of the molecule is CCCN1C(=O)CCCC(N)C1c1ccccc1COC. The number of ether oxygens (including phenoxy) is 1. The minimum atomic E-state index is -0.0358. The molecule has 1 amide bonds. The Morgan fingerprint density at radius 3 is 2.86 bits per heavy atom. The third kappa shape index (κ3) is 3.63. The van der Waals surface area contributed by atoms with Crippen LogP contribution in [0.25, 0.3) is 0 Å². The van der Waals surface area contributed by atoms with Crippen LogP contribution in [0.4, 0.5) is 0 Å². The summed E-state index contributed by atoms with van der Waals surface area (Å²) in [5.74, 6) is 0.224. The lowest BCUT2D eigenvalue weighted by Gasteiger charge is -2.35. The van der Waals surface area contributed by atoms with Crippen molar-refractivity contribution >= 4 is 5.91 Å². The van der Waals surface area contributed by atoms with Crippen molar-refractivity contribution < 1.29 is 9.53 Å². The van der Waals surface area contributed by atoms with E-state index in [1.165, 1.54) is 0 Å². The lowest BCUT2D eigenvalue weighted by Crippen LogP contribution is -2.43. The number of carbonyl (C=O) groups is 1. The first-order valence-corrected chi connectivity index (χ1v) is 7.80. The Morgan fingerprint density at radius 1 is 1.38 bits per heavy atom. The minimum Gasteiger partial charge on any atom is -0.380 e. The lowest BCUT2D eigenvalue weighted by molar-refractivity contribution is -0.133. The van der Waals surface area contributed by atoms with Gasteiger partial charge in [0.15, 0.2) is 0 Å². The van der Waals surface area contributed by atoms with Gasteiger partial charge < -0.3 is 15.4 Å². The number of nitrogens with zero attached hydrogens (tertiary/aromatic N) is 1. The number of methoxy groups -OCH3 is 1. The van der Waals surface area contributed by atoms with E-state index >= 15 is 0 Å². The van der Waals surface area contributed by atoms with Crippen molar-refractivity contribution in [2.24, 2.45) is 5.73 Å². The van der Waals surface area contributed by atoms with Gasteiger partial charge in [-0.25, -0.2) is 0 Å². The van der Waals surface area contributed by atoms with Crippen LogP contribution in [0.15, 0.2) is 24.3 Å². The summed E-state index contributed by atoms with van der Waals surface area (Å²) < 4.78 is 5.30. The lowest BCUT2D eigenvalue weighted by atomic mass is 9.92. The minimum absolute atomic E-state index is 0.0130. The normalized spacial score (nSPS) is 23.2. The summed E-state index contributed by atoms with van der Waals surface area (Å²) in [7, 11) is 1.69. The predicted molar refractivity (Wildman–Crippen MR) is 83.7 cm³/mol. The van der Waals surface area contributed by atoms with Crippen molar-refractivity contribution in [1.29, 1.82) is 0 Å². The molecule has 4 nitrogen and oxygen atoms in total. The zero-order chi connectivity index (χ0) is 15.2. The van der Waals surface area contributed by atoms with Crippen molar-refractivity contribution in [3.05, 3.63) is 35.4 Å². The molecule has 0 saturated carbocycles. The quantitative estimate of drug-likeness (QED) is 0.907. The average molecular weight is 290 g/mol. The molecule has 116 valence electrons. The Morgan fingerprint density at radius 2 is 2.14 bits per heavy atom. The van der Waals surface area contributed by atoms with E-state index in [0.29, 0.717) is 13.0 Å². The summed E-state index contributed by atoms with van der Waals surface area (Å²) in [6.45, 7) is 3.41. The molecule has 1 aliphatic rings. The number of benzene rings is 1. The molecule has 4 heteroatoms. The fourth-order valence-corrected chi connectivity index (χ4v) is 3.19. The third-order valence-electron chi connectivity index (χ3n) is 4.13. The van der Waals surface area contributed by atoms with Crippen LogP contribution in [0.5, 0.6) is 0 Å². The van der Waals surface area contributed by atoms with Gasteiger partial charge in [0.1, 0.15) is 0 Å². The van der Waals surface area contributed by atoms with E-state index in [1.807, 2.05) is 17.0 Å². The summed E-state index contributed by atoms with van der Waals surface area (Å²) >= 11 is 0. The van der Waals surface area contributed by atoms with E-state index < -0.39 is 0 Å². The molecule has 1 aromatic rings. The van der Waals surface area contributed by atoms with Crippen molar-refractivity contribution in [2.75, 3.05) is 13.7 Å². The molecule has 2 rings (SSSR count). The van der Waals surface area contributed by atoms with Gasteiger partial charge in [0.05, 0.1) is 12.6 Å². The Balaban J connectivity index is 2.41. The molecule has 21 heavy (non-hydrogen) atoms. The highest BCUT2D eigenvalue weighted by Gasteiger charge is 2.33. The first kappa shape index (κ1) is 16.0. The molecule has 1 saturated heterocycles. The van der Waals surface area contributed by atoms with Gasteiger partial charge in [-0.05, 0) is 30.4 Å². The summed E-state index contributed by atoms with van der Waals surface area (Å²) in [6, 6.07) is 8.12. The number of hydrogen-bond acceptors (Lipinski definition) is 3. The molecule has 1 heterocycles. The predicted octanol–water partition coefficient (Wildman–Crippen LogP) is 2.62. The third-order valence-corrected chi connectivity index (χ3v) is 4.13. The first-order valence-electron chi connectivity index (χ1n) is 7.80. The van der Waals surface area contributed by atoms with E-state index in [2.05, 4.69) is 19.1 Å². The smallest absolute Gasteiger partial charge is 0.223 e. The second-order valence-electron chi connectivity index (χ2n) is 5.72. The number of hydrogen-bond donors (Lipinski definition) is 1. The Bertz CT molecular complexity index is 476. The molecule has 0 bridgehead atoms. The summed E-state index contributed by atoms with van der Waals surface area (Å²) in [5.41, 5.74) is 8.68. The van der Waals surface area contributed by atoms with Crippen molar-refractivity contribution in [2.45, 2.75) is 51.3 Å². The van der Waals surface area contributed by atoms with Crippen LogP contribution < -0.4 is 5.73 Å². The number of amides is 1. The maximum atomic E-state index is 12.4. The van der Waals surface area contributed by atoms with Crippen molar-refractivity contribution in [3.8, 4) is 0 Å². The van der Waals surface area contributed by atoms with Gasteiger partial charge in [0, 0.05) is 26.1 Å². The van der Waals surface area contributed by atoms with E-state index in [-0.39, 0.29) is 18.0 Å². The zero-order valence-corrected chi connectivity index (χ0v) is 13.0. The van der Waals surface area contributed by atoms with Gasteiger partial charge in [0.25, 0.3) is 0 Å². The van der Waals surface area contributed by atoms with Crippen LogP contribution in [0.2, 0.25) is 0 Å². The Hall–Kier alpha value is -1.39. The van der Waals surface area contributed by atoms with Crippen LogP contribution in [-0.4, -0.2) is 30.5 Å². The maximum Gasteiger partial charge on any atom is 0.223 e. The molecule has 1 aliphatic heterocycles. The molecule has 1 aromatic carbocycles. The molecule has 2 atom stereocenters. The van der Waals surface area contributed by atoms with Gasteiger partial charge >= 0.3 is 0 Å². The highest BCUT2D eigenvalue weighted by molar-refractivity contribution is 5.77. The molecule has 0 aliphatic carbocycles. The fourth-order valence-electron chi connectivity index (χ4n) is 3.19. The number of carbonyl (C=O) groups excluding carboxylic acids is 1. The summed E-state index contributed by atoms with van der Waals surface area (Å²) in [4.78, 5) is 14.4. The molecule has 0 spiro atoms. The van der Waals surface area contributed by atoms with Gasteiger partial charge in [-0.15, -0.1) is 0 Å². The van der Waals surface area contributed by atoms with E-state index in [1.54, 1.807) is 7.11 Å². The number of nitrogens with two attached hydrogens (primary N) is 1. The first-order chi connectivity index (χ1) is 10.2. The van der Waals surface area contributed by atoms with Gasteiger partial charge in [-0.2, -0.15) is 0 Å². The molecule has 2 N–H and O–H groups in total. The Kier molecular flexibility index (Phi) is 5.76. The standard InChI is InChI=1S/C17H26N2O2/c1-3-11-19-16(20)10-6-9-15(18)17(19)14-8-5-4-7-13(14)12-21-2/h4-5,7-8,15,17H,3,6,9-12,18H2,1-2H3. The second kappa shape index (κ2) is 7.57. The van der Waals surface area contributed by atoms with Crippen LogP contribution >= 0.6 is 0 Å². The highest BCUT2D eigenvalue weighted by Crippen LogP contribution is 2.32. The molecular weight excluding hydrogens is 264 g/mol. The van der Waals surface area contributed by atoms with Crippen LogP contribution in [0, 0.1) is 0 Å². The molecule has 1 fully saturated rings. The molecular formula is C17H26N2O2. The van der Waals surface area contributed by atoms with Crippen LogP contribution in [-0.2, 0) is 16.1 Å². The topological polar surface area (TPSA) is 55.6 Å². The second-order valence-corrected chi connectivity index (χ2v) is 5.72. The number of likely N-dealkylation sites (tertiary alicyclic amines) is 1. The van der Waals surface area contributed by atoms with Crippen molar-refractivity contribution in [1.82, 2.24) is 4.90 Å². The monoisotopic (exact) mass is 290 g/mol. The van der Waals surface area contributed by atoms with E-state index in [9.17, 15) is 4.79 Å². The Labute approximate surface area is 127 Å². The maximum absolute atomic E-state index is 12.4. The van der Waals surface area contributed by atoms with E-state index in [4.69, 9.17) is 10.5 Å². The zero-order valence-electron chi connectivity index (χ0n) is 13.0. The van der Waals surface area contributed by atoms with Crippen LogP contribution in [0.1, 0.15) is 49.8 Å². The molecule has 2 unspecified atom stereocenters. The van der Waals surface area contributed by atoms with Crippen molar-refractivity contribution in [3.63, 3.8) is 0 Å². The number of rotatable bonds is 5. The fraction of sp³-hybridized carbons (Fsp3) is 0.588.